The monoisotopic (exact) mass is 241 g/mol. The van der Waals surface area contributed by atoms with Gasteiger partial charge in [-0.2, -0.15) is 0 Å². The van der Waals surface area contributed by atoms with E-state index < -0.39 is 0 Å². The van der Waals surface area contributed by atoms with Crippen LogP contribution in [-0.2, 0) is 5.88 Å². The summed E-state index contributed by atoms with van der Waals surface area (Å²) in [7, 11) is 0. The van der Waals surface area contributed by atoms with Gasteiger partial charge >= 0.3 is 0 Å². The van der Waals surface area contributed by atoms with Gasteiger partial charge in [0.15, 0.2) is 0 Å². The van der Waals surface area contributed by atoms with Crippen molar-refractivity contribution >= 4 is 51.2 Å². The Morgan fingerprint density at radius 1 is 1.50 bits per heavy atom. The van der Waals surface area contributed by atoms with Gasteiger partial charge in [0.1, 0.15) is 9.05 Å². The van der Waals surface area contributed by atoms with Crippen LogP contribution in [0.2, 0.25) is 0 Å². The Bertz CT molecular complexity index is 466. The van der Waals surface area contributed by atoms with Crippen LogP contribution in [0.3, 0.4) is 0 Å². The molecule has 1 aromatic carbocycles. The molecule has 2 aromatic rings. The van der Waals surface area contributed by atoms with E-state index in [9.17, 15) is 0 Å². The van der Waals surface area contributed by atoms with Crippen molar-refractivity contribution in [2.45, 2.75) is 5.88 Å². The zero-order valence-corrected chi connectivity index (χ0v) is 9.65. The van der Waals surface area contributed by atoms with E-state index in [0.717, 1.165) is 11.0 Å². The minimum Gasteiger partial charge on any atom is -0.234 e. The Morgan fingerprint density at radius 3 is 3.07 bits per heavy atom. The van der Waals surface area contributed by atoms with Crippen LogP contribution in [0.15, 0.2) is 24.3 Å². The number of hydrogen-bond acceptors (Lipinski definition) is 4. The third-order valence-corrected chi connectivity index (χ3v) is 3.09. The summed E-state index contributed by atoms with van der Waals surface area (Å²) in [6.07, 6.45) is 0. The molecular formula is C8H7N3S3. The first-order valence-electron chi connectivity index (χ1n) is 3.91. The number of thiocarbonyl (C=S) groups is 1. The number of benzene rings is 1. The minimum atomic E-state index is 0.615. The maximum Gasteiger partial charge on any atom is 0.113 e. The molecule has 0 spiro atoms. The molecule has 1 aromatic heterocycles. The van der Waals surface area contributed by atoms with Crippen molar-refractivity contribution < 1.29 is 0 Å². The lowest BCUT2D eigenvalue weighted by Crippen LogP contribution is -1.97. The highest BCUT2D eigenvalue weighted by atomic mass is 32.2. The topological polar surface area (TPSA) is 30.7 Å². The highest BCUT2D eigenvalue weighted by molar-refractivity contribution is 8.41. The van der Waals surface area contributed by atoms with Crippen molar-refractivity contribution in [2.75, 3.05) is 0 Å². The van der Waals surface area contributed by atoms with Gasteiger partial charge in [-0.15, -0.1) is 17.7 Å². The van der Waals surface area contributed by atoms with E-state index in [1.54, 1.807) is 0 Å². The maximum absolute atomic E-state index is 4.86. The van der Waals surface area contributed by atoms with E-state index in [1.807, 2.05) is 28.9 Å². The van der Waals surface area contributed by atoms with Gasteiger partial charge in [0, 0.05) is 0 Å². The lowest BCUT2D eigenvalue weighted by atomic mass is 10.3. The summed E-state index contributed by atoms with van der Waals surface area (Å²) in [6.45, 7) is 0. The zero-order valence-electron chi connectivity index (χ0n) is 7.12. The van der Waals surface area contributed by atoms with Crippen LogP contribution in [0, 0.1) is 0 Å². The molecule has 14 heavy (non-hydrogen) atoms. The molecule has 0 saturated carbocycles. The van der Waals surface area contributed by atoms with Crippen molar-refractivity contribution in [3.8, 4) is 0 Å². The van der Waals surface area contributed by atoms with Crippen molar-refractivity contribution in [3.63, 3.8) is 0 Å². The Balaban J connectivity index is 2.29. The zero-order chi connectivity index (χ0) is 9.97. The Kier molecular flexibility index (Phi) is 3.05. The smallest absolute Gasteiger partial charge is 0.113 e. The van der Waals surface area contributed by atoms with E-state index >= 15 is 0 Å². The molecule has 0 amide bonds. The summed E-state index contributed by atoms with van der Waals surface area (Å²) >= 11 is 10.4. The molecule has 0 radical (unpaired) electrons. The fourth-order valence-corrected chi connectivity index (χ4v) is 1.88. The van der Waals surface area contributed by atoms with E-state index in [4.69, 9.17) is 12.2 Å². The Labute approximate surface area is 96.3 Å². The third kappa shape index (κ3) is 2.08. The van der Waals surface area contributed by atoms with Gasteiger partial charge in [0.2, 0.25) is 0 Å². The average Bonchev–Trinajstić information content (AvgIpc) is 2.58. The summed E-state index contributed by atoms with van der Waals surface area (Å²) in [4.78, 5) is 0. The van der Waals surface area contributed by atoms with Crippen molar-refractivity contribution in [2.24, 2.45) is 0 Å². The molecule has 0 atom stereocenters. The molecule has 6 heteroatoms. The number of rotatable bonds is 2. The van der Waals surface area contributed by atoms with Crippen molar-refractivity contribution in [3.05, 3.63) is 24.3 Å². The largest absolute Gasteiger partial charge is 0.234 e. The standard InChI is InChI=1S/C8H7N3S3/c12-8(13)14-5-11-7-4-2-1-3-6(7)9-10-11/h1-4H,5H2,(H,12,13). The minimum absolute atomic E-state index is 0.615. The summed E-state index contributed by atoms with van der Waals surface area (Å²) in [5.41, 5.74) is 1.92. The van der Waals surface area contributed by atoms with Gasteiger partial charge in [-0.25, -0.2) is 4.68 Å². The highest BCUT2D eigenvalue weighted by Crippen LogP contribution is 2.15. The molecule has 0 N–H and O–H groups in total. The lowest BCUT2D eigenvalue weighted by Gasteiger charge is -1.99. The van der Waals surface area contributed by atoms with Crippen LogP contribution in [0.5, 0.6) is 0 Å². The lowest BCUT2D eigenvalue weighted by molar-refractivity contribution is 0.725. The molecule has 72 valence electrons. The van der Waals surface area contributed by atoms with Gasteiger partial charge < -0.3 is 0 Å². The summed E-state index contributed by atoms with van der Waals surface area (Å²) < 4.78 is 2.42. The molecule has 0 unspecified atom stereocenters. The first-order valence-corrected chi connectivity index (χ1v) is 5.75. The molecule has 0 aliphatic carbocycles. The van der Waals surface area contributed by atoms with Gasteiger partial charge in [-0.05, 0) is 12.1 Å². The maximum atomic E-state index is 4.86. The second-order valence-corrected chi connectivity index (χ2v) is 5.29. The second-order valence-electron chi connectivity index (χ2n) is 2.62. The SMILES string of the molecule is S=C(S)SCn1nnc2ccccc21. The molecule has 0 saturated heterocycles. The Morgan fingerprint density at radius 2 is 2.29 bits per heavy atom. The van der Waals surface area contributed by atoms with Gasteiger partial charge in [0.05, 0.1) is 11.4 Å². The van der Waals surface area contributed by atoms with Crippen LogP contribution >= 0.6 is 36.6 Å². The van der Waals surface area contributed by atoms with Crippen molar-refractivity contribution in [1.29, 1.82) is 0 Å². The predicted molar refractivity (Wildman–Crippen MR) is 66.7 cm³/mol. The molecule has 0 aliphatic rings. The van der Waals surface area contributed by atoms with E-state index in [2.05, 4.69) is 22.9 Å². The number of hydrogen-bond donors (Lipinski definition) is 1. The van der Waals surface area contributed by atoms with E-state index in [-0.39, 0.29) is 0 Å². The number of fused-ring (bicyclic) bond motifs is 1. The number of aromatic nitrogens is 3. The quantitative estimate of drug-likeness (QED) is 0.646. The fraction of sp³-hybridized carbons (Fsp3) is 0.125. The van der Waals surface area contributed by atoms with Crippen LogP contribution in [0.1, 0.15) is 0 Å². The predicted octanol–water partition coefficient (Wildman–Crippen LogP) is 2.34. The third-order valence-electron chi connectivity index (χ3n) is 1.73. The molecule has 1 heterocycles. The van der Waals surface area contributed by atoms with Crippen LogP contribution in [-0.4, -0.2) is 18.5 Å². The van der Waals surface area contributed by atoms with Crippen molar-refractivity contribution in [1.82, 2.24) is 15.0 Å². The highest BCUT2D eigenvalue weighted by Gasteiger charge is 2.02. The first-order chi connectivity index (χ1) is 6.77. The van der Waals surface area contributed by atoms with Gasteiger partial charge in [0.25, 0.3) is 0 Å². The van der Waals surface area contributed by atoms with Gasteiger partial charge in [-0.1, -0.05) is 41.3 Å². The van der Waals surface area contributed by atoms with E-state index in [1.165, 1.54) is 11.8 Å². The molecule has 0 bridgehead atoms. The van der Waals surface area contributed by atoms with E-state index in [0.29, 0.717) is 9.41 Å². The number of nitrogens with zero attached hydrogens (tertiary/aromatic N) is 3. The summed E-state index contributed by atoms with van der Waals surface area (Å²) in [6, 6.07) is 7.82. The number of para-hydroxylation sites is 1. The van der Waals surface area contributed by atoms with Crippen LogP contribution in [0.25, 0.3) is 11.0 Å². The molecule has 3 nitrogen and oxygen atoms in total. The summed E-state index contributed by atoms with van der Waals surface area (Å²) in [5.74, 6) is 0.656. The molecule has 0 fully saturated rings. The molecule has 2 rings (SSSR count). The normalized spacial score (nSPS) is 10.6. The number of thioether (sulfide) groups is 1. The molecular weight excluding hydrogens is 234 g/mol. The average molecular weight is 241 g/mol. The van der Waals surface area contributed by atoms with Crippen LogP contribution < -0.4 is 0 Å². The first kappa shape index (κ1) is 9.95. The summed E-state index contributed by atoms with van der Waals surface area (Å²) in [5, 5.41) is 8.05. The molecule has 0 aliphatic heterocycles. The fourth-order valence-electron chi connectivity index (χ4n) is 1.13. The van der Waals surface area contributed by atoms with Crippen LogP contribution in [0.4, 0.5) is 0 Å². The Hall–Kier alpha value is -0.590. The number of thiol groups is 1. The second kappa shape index (κ2) is 4.29. The van der Waals surface area contributed by atoms with Gasteiger partial charge in [-0.3, -0.25) is 0 Å².